The van der Waals surface area contributed by atoms with Crippen molar-refractivity contribution in [1.29, 1.82) is 0 Å². The van der Waals surface area contributed by atoms with E-state index in [1.54, 1.807) is 13.3 Å². The number of aliphatic imine (C=N–C) groups is 1. The SMILES string of the molecule is Cn1cc(-c2cc(C(F)(F)F)cc3c2C=NC3)ccc1=O. The molecule has 3 nitrogen and oxygen atoms in total. The molecule has 0 spiro atoms. The van der Waals surface area contributed by atoms with Gasteiger partial charge in [0.25, 0.3) is 0 Å². The first-order valence-electron chi connectivity index (χ1n) is 6.27. The maximum atomic E-state index is 13.0. The first kappa shape index (κ1) is 13.6. The molecule has 1 aromatic heterocycles. The van der Waals surface area contributed by atoms with Crippen LogP contribution in [0.25, 0.3) is 11.1 Å². The minimum absolute atomic E-state index is 0.212. The fourth-order valence-electron chi connectivity index (χ4n) is 2.39. The van der Waals surface area contributed by atoms with Crippen LogP contribution in [-0.2, 0) is 19.8 Å². The largest absolute Gasteiger partial charge is 0.416 e. The van der Waals surface area contributed by atoms with E-state index in [0.717, 1.165) is 12.1 Å². The molecule has 0 radical (unpaired) electrons. The van der Waals surface area contributed by atoms with Crippen LogP contribution in [0, 0.1) is 0 Å². The molecule has 2 aromatic rings. The van der Waals surface area contributed by atoms with Crippen molar-refractivity contribution in [2.75, 3.05) is 0 Å². The third kappa shape index (κ3) is 2.37. The highest BCUT2D eigenvalue weighted by Crippen LogP contribution is 2.36. The van der Waals surface area contributed by atoms with E-state index < -0.39 is 11.7 Å². The lowest BCUT2D eigenvalue weighted by Crippen LogP contribution is -2.14. The van der Waals surface area contributed by atoms with Crippen LogP contribution in [0.15, 0.2) is 40.2 Å². The third-order valence-electron chi connectivity index (χ3n) is 3.47. The van der Waals surface area contributed by atoms with Gasteiger partial charge in [0.1, 0.15) is 0 Å². The Kier molecular flexibility index (Phi) is 2.97. The first-order chi connectivity index (χ1) is 9.86. The smallest absolute Gasteiger partial charge is 0.318 e. The molecular formula is C15H11F3N2O. The first-order valence-corrected chi connectivity index (χ1v) is 6.27. The Morgan fingerprint density at radius 1 is 1.24 bits per heavy atom. The van der Waals surface area contributed by atoms with Gasteiger partial charge in [0.2, 0.25) is 5.56 Å². The van der Waals surface area contributed by atoms with E-state index in [1.807, 2.05) is 0 Å². The molecule has 0 fully saturated rings. The van der Waals surface area contributed by atoms with Gasteiger partial charge >= 0.3 is 6.18 Å². The average Bonchev–Trinajstić information content (AvgIpc) is 2.88. The second kappa shape index (κ2) is 4.58. The van der Waals surface area contributed by atoms with Crippen LogP contribution < -0.4 is 5.56 Å². The van der Waals surface area contributed by atoms with Crippen molar-refractivity contribution in [3.8, 4) is 11.1 Å². The highest BCUT2D eigenvalue weighted by molar-refractivity contribution is 5.94. The molecule has 1 aliphatic rings. The maximum Gasteiger partial charge on any atom is 0.416 e. The minimum atomic E-state index is -4.41. The van der Waals surface area contributed by atoms with E-state index in [-0.39, 0.29) is 12.1 Å². The number of aromatic nitrogens is 1. The predicted molar refractivity (Wildman–Crippen MR) is 73.4 cm³/mol. The molecule has 0 unspecified atom stereocenters. The Balaban J connectivity index is 2.25. The van der Waals surface area contributed by atoms with Gasteiger partial charge in [0, 0.05) is 31.1 Å². The van der Waals surface area contributed by atoms with E-state index in [0.29, 0.717) is 22.3 Å². The molecule has 0 amide bonds. The lowest BCUT2D eigenvalue weighted by molar-refractivity contribution is -0.137. The molecule has 0 N–H and O–H groups in total. The number of fused-ring (bicyclic) bond motifs is 1. The van der Waals surface area contributed by atoms with Crippen molar-refractivity contribution in [1.82, 2.24) is 4.57 Å². The fourth-order valence-corrected chi connectivity index (χ4v) is 2.39. The van der Waals surface area contributed by atoms with Gasteiger partial charge in [-0.15, -0.1) is 0 Å². The standard InChI is InChI=1S/C15H11F3N2O/c1-20-8-9(2-3-14(20)21)12-5-11(15(16,17)18)4-10-6-19-7-13(10)12/h2-5,7-8H,6H2,1H3. The average molecular weight is 292 g/mol. The number of benzene rings is 1. The zero-order valence-electron chi connectivity index (χ0n) is 11.1. The van der Waals surface area contributed by atoms with Gasteiger partial charge in [-0.3, -0.25) is 9.79 Å². The molecule has 21 heavy (non-hydrogen) atoms. The van der Waals surface area contributed by atoms with E-state index in [1.165, 1.54) is 22.9 Å². The van der Waals surface area contributed by atoms with Gasteiger partial charge in [-0.2, -0.15) is 13.2 Å². The molecule has 0 aliphatic carbocycles. The number of alkyl halides is 3. The molecule has 3 rings (SSSR count). The highest BCUT2D eigenvalue weighted by atomic mass is 19.4. The number of nitrogens with zero attached hydrogens (tertiary/aromatic N) is 2. The van der Waals surface area contributed by atoms with Crippen molar-refractivity contribution in [2.24, 2.45) is 12.0 Å². The van der Waals surface area contributed by atoms with Gasteiger partial charge in [-0.1, -0.05) is 0 Å². The Morgan fingerprint density at radius 3 is 2.67 bits per heavy atom. The van der Waals surface area contributed by atoms with Crippen LogP contribution >= 0.6 is 0 Å². The molecule has 0 saturated heterocycles. The van der Waals surface area contributed by atoms with Crippen molar-refractivity contribution >= 4 is 6.21 Å². The van der Waals surface area contributed by atoms with Crippen LogP contribution in [0.4, 0.5) is 13.2 Å². The summed E-state index contributed by atoms with van der Waals surface area (Å²) in [5.74, 6) is 0. The van der Waals surface area contributed by atoms with Gasteiger partial charge in [-0.05, 0) is 34.9 Å². The highest BCUT2D eigenvalue weighted by Gasteiger charge is 2.32. The molecule has 6 heteroatoms. The summed E-state index contributed by atoms with van der Waals surface area (Å²) in [6, 6.07) is 5.11. The summed E-state index contributed by atoms with van der Waals surface area (Å²) >= 11 is 0. The summed E-state index contributed by atoms with van der Waals surface area (Å²) in [6.07, 6.45) is -1.30. The minimum Gasteiger partial charge on any atom is -0.318 e. The van der Waals surface area contributed by atoms with E-state index in [4.69, 9.17) is 0 Å². The van der Waals surface area contributed by atoms with E-state index >= 15 is 0 Å². The van der Waals surface area contributed by atoms with Crippen molar-refractivity contribution < 1.29 is 13.2 Å². The monoisotopic (exact) mass is 292 g/mol. The molecule has 0 atom stereocenters. The zero-order chi connectivity index (χ0) is 15.2. The summed E-state index contributed by atoms with van der Waals surface area (Å²) < 4.78 is 40.3. The number of halogens is 3. The normalized spacial score (nSPS) is 13.5. The second-order valence-corrected chi connectivity index (χ2v) is 4.93. The van der Waals surface area contributed by atoms with Crippen LogP contribution in [0.3, 0.4) is 0 Å². The number of hydrogen-bond acceptors (Lipinski definition) is 2. The Hall–Kier alpha value is -2.37. The fraction of sp³-hybridized carbons (Fsp3) is 0.200. The number of hydrogen-bond donors (Lipinski definition) is 0. The van der Waals surface area contributed by atoms with Crippen molar-refractivity contribution in [3.63, 3.8) is 0 Å². The van der Waals surface area contributed by atoms with E-state index in [2.05, 4.69) is 4.99 Å². The van der Waals surface area contributed by atoms with Gasteiger partial charge < -0.3 is 4.57 Å². The Bertz CT molecular complexity index is 804. The maximum absolute atomic E-state index is 13.0. The summed E-state index contributed by atoms with van der Waals surface area (Å²) in [7, 11) is 1.56. The molecular weight excluding hydrogens is 281 g/mol. The second-order valence-electron chi connectivity index (χ2n) is 4.93. The summed E-state index contributed by atoms with van der Waals surface area (Å²) in [6.45, 7) is 0.248. The summed E-state index contributed by atoms with van der Waals surface area (Å²) in [5.41, 5.74) is 1.33. The van der Waals surface area contributed by atoms with Gasteiger partial charge in [0.05, 0.1) is 12.1 Å². The third-order valence-corrected chi connectivity index (χ3v) is 3.47. The molecule has 1 aliphatic heterocycles. The zero-order valence-corrected chi connectivity index (χ0v) is 11.1. The Labute approximate surface area is 118 Å². The predicted octanol–water partition coefficient (Wildman–Crippen LogP) is 3.00. The molecule has 2 heterocycles. The molecule has 108 valence electrons. The van der Waals surface area contributed by atoms with Crippen molar-refractivity contribution in [3.05, 3.63) is 57.5 Å². The number of aryl methyl sites for hydroxylation is 1. The molecule has 0 bridgehead atoms. The Morgan fingerprint density at radius 2 is 2.00 bits per heavy atom. The topological polar surface area (TPSA) is 34.4 Å². The number of rotatable bonds is 1. The summed E-state index contributed by atoms with van der Waals surface area (Å²) in [5, 5.41) is 0. The lowest BCUT2D eigenvalue weighted by Gasteiger charge is -2.13. The molecule has 1 aromatic carbocycles. The number of pyridine rings is 1. The van der Waals surface area contributed by atoms with E-state index in [9.17, 15) is 18.0 Å². The van der Waals surface area contributed by atoms with Crippen LogP contribution in [-0.4, -0.2) is 10.8 Å². The van der Waals surface area contributed by atoms with Crippen LogP contribution in [0.1, 0.15) is 16.7 Å². The van der Waals surface area contributed by atoms with Crippen molar-refractivity contribution in [2.45, 2.75) is 12.7 Å². The van der Waals surface area contributed by atoms with Crippen LogP contribution in [0.2, 0.25) is 0 Å². The lowest BCUT2D eigenvalue weighted by atomic mass is 9.95. The summed E-state index contributed by atoms with van der Waals surface area (Å²) in [4.78, 5) is 15.5. The quantitative estimate of drug-likeness (QED) is 0.795. The van der Waals surface area contributed by atoms with Crippen LogP contribution in [0.5, 0.6) is 0 Å². The van der Waals surface area contributed by atoms with Gasteiger partial charge in [-0.25, -0.2) is 0 Å². The van der Waals surface area contributed by atoms with Gasteiger partial charge in [0.15, 0.2) is 0 Å². The molecule has 0 saturated carbocycles.